The molecule has 0 saturated carbocycles. The van der Waals surface area contributed by atoms with Crippen molar-refractivity contribution in [1.82, 2.24) is 0 Å². The predicted octanol–water partition coefficient (Wildman–Crippen LogP) is 7.44. The summed E-state index contributed by atoms with van der Waals surface area (Å²) in [6.07, 6.45) is 0. The molecule has 200 valence electrons. The number of hydrogen-bond acceptors (Lipinski definition) is 8. The summed E-state index contributed by atoms with van der Waals surface area (Å²) in [5, 5.41) is 0. The van der Waals surface area contributed by atoms with Gasteiger partial charge in [-0.3, -0.25) is 0 Å². The molecule has 0 aliphatic heterocycles. The van der Waals surface area contributed by atoms with Gasteiger partial charge in [0.05, 0.1) is 13.2 Å². The molecule has 0 fully saturated rings. The Bertz CT molecular complexity index is 1110. The molecule has 4 rings (SSSR count). The summed E-state index contributed by atoms with van der Waals surface area (Å²) >= 11 is 12.5. The van der Waals surface area contributed by atoms with Gasteiger partial charge >= 0.3 is 19.5 Å². The Kier molecular flexibility index (Phi) is 16.6. The van der Waals surface area contributed by atoms with E-state index in [1.807, 2.05) is 121 Å². The number of rotatable bonds is 12. The van der Waals surface area contributed by atoms with Crippen LogP contribution in [0.1, 0.15) is 22.3 Å². The van der Waals surface area contributed by atoms with Gasteiger partial charge in [-0.25, -0.2) is 0 Å². The zero-order valence-corrected chi connectivity index (χ0v) is 29.3. The van der Waals surface area contributed by atoms with E-state index in [4.69, 9.17) is 32.7 Å². The summed E-state index contributed by atoms with van der Waals surface area (Å²) in [7, 11) is 0. The Morgan fingerprint density at radius 2 is 0.744 bits per heavy atom. The Morgan fingerprint density at radius 3 is 1.03 bits per heavy atom. The van der Waals surface area contributed by atoms with Crippen LogP contribution in [0.4, 0.5) is 0 Å². The van der Waals surface area contributed by atoms with Gasteiger partial charge in [0, 0.05) is 22.9 Å². The fourth-order valence-electron chi connectivity index (χ4n) is 2.99. The standard InChI is InChI=1S/2C14H15O2PS2.Zn/c2*15-17(18,16-11-13-7-3-1-4-8-13)19-12-14-9-5-2-6-10-14;/h2*1-10H,11-12H2,(H,15,18);/q;;+2/p-2. The molecule has 4 aromatic carbocycles. The van der Waals surface area contributed by atoms with Crippen LogP contribution in [-0.2, 0) is 76.9 Å². The van der Waals surface area contributed by atoms with Gasteiger partial charge in [-0.1, -0.05) is 145 Å². The first-order valence-electron chi connectivity index (χ1n) is 11.7. The molecule has 0 aliphatic rings. The molecular formula is C28H28O4P2S4Zn. The number of benzene rings is 4. The summed E-state index contributed by atoms with van der Waals surface area (Å²) in [6, 6.07) is 38.9. The average Bonchev–Trinajstić information content (AvgIpc) is 2.96. The van der Waals surface area contributed by atoms with Gasteiger partial charge < -0.3 is 18.8 Å². The van der Waals surface area contributed by atoms with Gasteiger partial charge in [0.1, 0.15) is 0 Å². The van der Waals surface area contributed by atoms with Crippen molar-refractivity contribution in [1.29, 1.82) is 0 Å². The van der Waals surface area contributed by atoms with Crippen LogP contribution in [0.25, 0.3) is 0 Å². The van der Waals surface area contributed by atoms with Crippen molar-refractivity contribution in [2.24, 2.45) is 0 Å². The third kappa shape index (κ3) is 15.2. The molecule has 2 atom stereocenters. The molecule has 0 N–H and O–H groups in total. The van der Waals surface area contributed by atoms with Crippen LogP contribution >= 0.6 is 34.2 Å². The summed E-state index contributed by atoms with van der Waals surface area (Å²) in [6.45, 7) is 0.590. The minimum Gasteiger partial charge on any atom is -0.793 e. The maximum atomic E-state index is 12.1. The molecule has 4 aromatic rings. The first kappa shape index (κ1) is 34.5. The van der Waals surface area contributed by atoms with Crippen LogP contribution in [0, 0.1) is 0 Å². The van der Waals surface area contributed by atoms with Crippen LogP contribution in [0.2, 0.25) is 0 Å². The second-order valence-electron chi connectivity index (χ2n) is 7.93. The molecule has 39 heavy (non-hydrogen) atoms. The van der Waals surface area contributed by atoms with Crippen molar-refractivity contribution in [2.45, 2.75) is 24.7 Å². The summed E-state index contributed by atoms with van der Waals surface area (Å²) in [4.78, 5) is 24.2. The van der Waals surface area contributed by atoms with Crippen LogP contribution < -0.4 is 9.79 Å². The van der Waals surface area contributed by atoms with E-state index < -0.39 is 11.4 Å². The molecule has 0 aliphatic carbocycles. The minimum absolute atomic E-state index is 0. The van der Waals surface area contributed by atoms with Gasteiger partial charge in [0.15, 0.2) is 0 Å². The fourth-order valence-corrected chi connectivity index (χ4v) is 8.62. The van der Waals surface area contributed by atoms with Crippen molar-refractivity contribution in [2.75, 3.05) is 0 Å². The normalized spacial score (nSPS) is 13.6. The largest absolute Gasteiger partial charge is 2.00 e. The molecule has 0 saturated heterocycles. The van der Waals surface area contributed by atoms with Gasteiger partial charge in [0.25, 0.3) is 0 Å². The van der Waals surface area contributed by atoms with Crippen LogP contribution in [0.3, 0.4) is 0 Å². The zero-order chi connectivity index (χ0) is 27.1. The van der Waals surface area contributed by atoms with Gasteiger partial charge in [-0.05, 0) is 22.3 Å². The second kappa shape index (κ2) is 18.7. The molecule has 2 unspecified atom stereocenters. The maximum absolute atomic E-state index is 12.1. The van der Waals surface area contributed by atoms with Crippen molar-refractivity contribution < 1.29 is 38.3 Å². The van der Waals surface area contributed by atoms with E-state index in [2.05, 4.69) is 0 Å². The van der Waals surface area contributed by atoms with E-state index in [-0.39, 0.29) is 19.5 Å². The molecule has 0 amide bonds. The monoisotopic (exact) mass is 682 g/mol. The Balaban J connectivity index is 0.000000267. The number of hydrogen-bond donors (Lipinski definition) is 0. The quantitative estimate of drug-likeness (QED) is 0.113. The maximum Gasteiger partial charge on any atom is 2.00 e. The summed E-state index contributed by atoms with van der Waals surface area (Å²) < 4.78 is 10.7. The van der Waals surface area contributed by atoms with Crippen LogP contribution in [0.5, 0.6) is 0 Å². The smallest absolute Gasteiger partial charge is 0.793 e. The van der Waals surface area contributed by atoms with Crippen molar-refractivity contribution in [3.63, 3.8) is 0 Å². The second-order valence-corrected chi connectivity index (χ2v) is 20.0. The topological polar surface area (TPSA) is 64.6 Å². The Labute approximate surface area is 262 Å². The molecule has 0 spiro atoms. The minimum atomic E-state index is -3.02. The average molecular weight is 684 g/mol. The van der Waals surface area contributed by atoms with Gasteiger partial charge in [-0.15, -0.1) is 22.8 Å². The van der Waals surface area contributed by atoms with Crippen LogP contribution in [-0.4, -0.2) is 0 Å². The molecule has 11 heteroatoms. The molecule has 4 nitrogen and oxygen atoms in total. The van der Waals surface area contributed by atoms with E-state index in [9.17, 15) is 9.79 Å². The molecular weight excluding hydrogens is 656 g/mol. The van der Waals surface area contributed by atoms with E-state index in [0.717, 1.165) is 22.3 Å². The van der Waals surface area contributed by atoms with Crippen molar-refractivity contribution >= 4 is 57.8 Å². The van der Waals surface area contributed by atoms with Crippen LogP contribution in [0.15, 0.2) is 121 Å². The van der Waals surface area contributed by atoms with Gasteiger partial charge in [0.2, 0.25) is 0 Å². The molecule has 0 bridgehead atoms. The summed E-state index contributed by atoms with van der Waals surface area (Å²) in [5.41, 5.74) is -1.89. The SMILES string of the molecule is [O-]P(=S)(OCc1ccccc1)SCc1ccccc1.[O-]P(=S)(OCc1ccccc1)SCc1ccccc1.[Zn+2]. The third-order valence-corrected chi connectivity index (χ3v) is 13.2. The Morgan fingerprint density at radius 1 is 0.487 bits per heavy atom. The first-order chi connectivity index (χ1) is 18.3. The van der Waals surface area contributed by atoms with E-state index in [1.54, 1.807) is 0 Å². The van der Waals surface area contributed by atoms with Gasteiger partial charge in [-0.2, -0.15) is 0 Å². The Hall–Kier alpha value is -0.657. The molecule has 0 aromatic heterocycles. The molecule has 0 radical (unpaired) electrons. The van der Waals surface area contributed by atoms with Crippen molar-refractivity contribution in [3.8, 4) is 0 Å². The van der Waals surface area contributed by atoms with E-state index in [1.165, 1.54) is 22.8 Å². The zero-order valence-electron chi connectivity index (χ0n) is 21.2. The fraction of sp³-hybridized carbons (Fsp3) is 0.143. The summed E-state index contributed by atoms with van der Waals surface area (Å²) in [5.74, 6) is 1.22. The third-order valence-electron chi connectivity index (χ3n) is 4.93. The molecule has 0 heterocycles. The van der Waals surface area contributed by atoms with E-state index in [0.29, 0.717) is 24.7 Å². The first-order valence-corrected chi connectivity index (χ1v) is 20.1. The van der Waals surface area contributed by atoms with E-state index >= 15 is 0 Å². The predicted molar refractivity (Wildman–Crippen MR) is 167 cm³/mol. The van der Waals surface area contributed by atoms with Crippen molar-refractivity contribution in [3.05, 3.63) is 144 Å².